The molecule has 3 aromatic carbocycles. The Bertz CT molecular complexity index is 931. The summed E-state index contributed by atoms with van der Waals surface area (Å²) in [4.78, 5) is 11.4. The van der Waals surface area contributed by atoms with E-state index < -0.39 is 0 Å². The van der Waals surface area contributed by atoms with Gasteiger partial charge in [-0.15, -0.1) is 0 Å². The maximum absolute atomic E-state index is 11.4. The predicted octanol–water partition coefficient (Wildman–Crippen LogP) is 6.42. The fourth-order valence-corrected chi connectivity index (χ4v) is 2.96. The quantitative estimate of drug-likeness (QED) is 0.360. The first-order valence-corrected chi connectivity index (χ1v) is 9.41. The Hall–Kier alpha value is -3.10. The first-order chi connectivity index (χ1) is 13.6. The Morgan fingerprint density at radius 3 is 1.89 bits per heavy atom. The molecule has 0 unspecified atom stereocenters. The Balaban J connectivity index is 2.07. The first-order valence-electron chi connectivity index (χ1n) is 9.04. The van der Waals surface area contributed by atoms with E-state index >= 15 is 0 Å². The number of benzene rings is 3. The van der Waals surface area contributed by atoms with Crippen LogP contribution in [0.25, 0.3) is 11.6 Å². The van der Waals surface area contributed by atoms with Crippen LogP contribution in [0.3, 0.4) is 0 Å². The van der Waals surface area contributed by atoms with Gasteiger partial charge in [0.05, 0.1) is 0 Å². The van der Waals surface area contributed by atoms with Crippen molar-refractivity contribution in [2.24, 2.45) is 0 Å². The Kier molecular flexibility index (Phi) is 6.83. The molecular formula is C25H21ClO2. The van der Waals surface area contributed by atoms with Crippen LogP contribution in [0, 0.1) is 0 Å². The minimum Gasteiger partial charge on any atom is -0.461 e. The number of carbonyl (C=O) groups excluding carboxylic acids is 1. The van der Waals surface area contributed by atoms with Gasteiger partial charge in [0, 0.05) is 11.9 Å². The van der Waals surface area contributed by atoms with Crippen LogP contribution in [0.4, 0.5) is 0 Å². The topological polar surface area (TPSA) is 26.3 Å². The molecule has 0 radical (unpaired) electrons. The number of hydrogen-bond donors (Lipinski definition) is 0. The van der Waals surface area contributed by atoms with Crippen molar-refractivity contribution in [3.05, 3.63) is 118 Å². The molecule has 3 heteroatoms. The number of esters is 1. The normalized spacial score (nSPS) is 11.0. The number of ether oxygens (including phenoxy) is 1. The van der Waals surface area contributed by atoms with E-state index in [0.717, 1.165) is 27.8 Å². The van der Waals surface area contributed by atoms with Crippen molar-refractivity contribution in [2.75, 3.05) is 6.61 Å². The summed E-state index contributed by atoms with van der Waals surface area (Å²) in [5.74, 6) is -0.309. The minimum atomic E-state index is -0.309. The highest BCUT2D eigenvalue weighted by atomic mass is 35.5. The van der Waals surface area contributed by atoms with Crippen molar-refractivity contribution in [3.8, 4) is 0 Å². The van der Waals surface area contributed by atoms with Gasteiger partial charge in [-0.05, 0) is 52.1 Å². The van der Waals surface area contributed by atoms with Gasteiger partial charge >= 0.3 is 5.97 Å². The molecule has 0 fully saturated rings. The lowest BCUT2D eigenvalue weighted by Crippen LogP contribution is -2.03. The van der Waals surface area contributed by atoms with Crippen molar-refractivity contribution in [2.45, 2.75) is 6.92 Å². The standard InChI is InChI=1S/C25H21ClO2/c1-19(27)28-18-21(16-20-12-14-24(26)15-13-20)17-25(22-8-4-2-5-9-22)23-10-6-3-7-11-23/h2-17H,18H2,1H3/b21-16+. The molecule has 0 saturated carbocycles. The lowest BCUT2D eigenvalue weighted by Gasteiger charge is -2.11. The second-order valence-corrected chi connectivity index (χ2v) is 6.78. The Morgan fingerprint density at radius 1 is 0.857 bits per heavy atom. The number of carbonyl (C=O) groups is 1. The molecule has 0 atom stereocenters. The van der Waals surface area contributed by atoms with Crippen LogP contribution in [0.1, 0.15) is 23.6 Å². The van der Waals surface area contributed by atoms with Crippen LogP contribution in [0.5, 0.6) is 0 Å². The zero-order chi connectivity index (χ0) is 19.8. The van der Waals surface area contributed by atoms with Gasteiger partial charge in [0.1, 0.15) is 6.61 Å². The molecule has 0 aliphatic heterocycles. The molecule has 0 spiro atoms. The largest absolute Gasteiger partial charge is 0.461 e. The van der Waals surface area contributed by atoms with Gasteiger partial charge < -0.3 is 4.74 Å². The molecule has 3 rings (SSSR count). The molecule has 0 aliphatic carbocycles. The summed E-state index contributed by atoms with van der Waals surface area (Å²) in [5.41, 5.74) is 5.13. The monoisotopic (exact) mass is 388 g/mol. The molecule has 0 amide bonds. The van der Waals surface area contributed by atoms with Gasteiger partial charge in [-0.3, -0.25) is 4.79 Å². The number of hydrogen-bond acceptors (Lipinski definition) is 2. The SMILES string of the molecule is CC(=O)OC/C(C=C(c1ccccc1)c1ccccc1)=C/c1ccc(Cl)cc1. The fourth-order valence-electron chi connectivity index (χ4n) is 2.84. The lowest BCUT2D eigenvalue weighted by atomic mass is 9.95. The van der Waals surface area contributed by atoms with Crippen molar-refractivity contribution in [1.82, 2.24) is 0 Å². The molecule has 0 aromatic heterocycles. The molecule has 0 N–H and O–H groups in total. The van der Waals surface area contributed by atoms with Crippen LogP contribution in [0.2, 0.25) is 5.02 Å². The third-order valence-corrected chi connectivity index (χ3v) is 4.42. The van der Waals surface area contributed by atoms with Crippen molar-refractivity contribution >= 4 is 29.2 Å². The van der Waals surface area contributed by atoms with Gasteiger partial charge in [-0.25, -0.2) is 0 Å². The maximum Gasteiger partial charge on any atom is 0.302 e. The maximum atomic E-state index is 11.4. The molecule has 140 valence electrons. The highest BCUT2D eigenvalue weighted by Gasteiger charge is 2.07. The second kappa shape index (κ2) is 9.72. The van der Waals surface area contributed by atoms with Crippen LogP contribution in [-0.2, 0) is 9.53 Å². The molecule has 0 heterocycles. The summed E-state index contributed by atoms with van der Waals surface area (Å²) in [7, 11) is 0. The summed E-state index contributed by atoms with van der Waals surface area (Å²) in [5, 5.41) is 0.684. The summed E-state index contributed by atoms with van der Waals surface area (Å²) in [6, 6.07) is 27.9. The third-order valence-electron chi connectivity index (χ3n) is 4.16. The summed E-state index contributed by atoms with van der Waals surface area (Å²) < 4.78 is 5.29. The average Bonchev–Trinajstić information content (AvgIpc) is 2.72. The molecule has 0 aliphatic rings. The fraction of sp³-hybridized carbons (Fsp3) is 0.0800. The molecule has 28 heavy (non-hydrogen) atoms. The molecule has 0 saturated heterocycles. The summed E-state index contributed by atoms with van der Waals surface area (Å²) >= 11 is 5.99. The van der Waals surface area contributed by atoms with Gasteiger partial charge in [0.2, 0.25) is 0 Å². The van der Waals surface area contributed by atoms with E-state index in [9.17, 15) is 4.79 Å². The Morgan fingerprint density at radius 2 is 1.39 bits per heavy atom. The zero-order valence-corrected chi connectivity index (χ0v) is 16.4. The number of rotatable bonds is 6. The average molecular weight is 389 g/mol. The molecular weight excluding hydrogens is 368 g/mol. The zero-order valence-electron chi connectivity index (χ0n) is 15.6. The van der Waals surface area contributed by atoms with Crippen molar-refractivity contribution in [1.29, 1.82) is 0 Å². The second-order valence-electron chi connectivity index (χ2n) is 6.34. The van der Waals surface area contributed by atoms with E-state index in [-0.39, 0.29) is 12.6 Å². The van der Waals surface area contributed by atoms with Gasteiger partial charge in [-0.2, -0.15) is 0 Å². The predicted molar refractivity (Wildman–Crippen MR) is 116 cm³/mol. The molecule has 2 nitrogen and oxygen atoms in total. The molecule has 3 aromatic rings. The van der Waals surface area contributed by atoms with E-state index in [0.29, 0.717) is 5.02 Å². The summed E-state index contributed by atoms with van der Waals surface area (Å²) in [6.45, 7) is 1.61. The van der Waals surface area contributed by atoms with Crippen LogP contribution in [0.15, 0.2) is 96.6 Å². The van der Waals surface area contributed by atoms with Crippen LogP contribution in [-0.4, -0.2) is 12.6 Å². The van der Waals surface area contributed by atoms with E-state index in [1.54, 1.807) is 0 Å². The molecule has 0 bridgehead atoms. The van der Waals surface area contributed by atoms with E-state index in [1.807, 2.05) is 66.7 Å². The van der Waals surface area contributed by atoms with Gasteiger partial charge in [-0.1, -0.05) is 84.4 Å². The third kappa shape index (κ3) is 5.70. The smallest absolute Gasteiger partial charge is 0.302 e. The first kappa shape index (κ1) is 19.7. The lowest BCUT2D eigenvalue weighted by molar-refractivity contribution is -0.139. The van der Waals surface area contributed by atoms with Crippen molar-refractivity contribution in [3.63, 3.8) is 0 Å². The van der Waals surface area contributed by atoms with Crippen LogP contribution >= 0.6 is 11.6 Å². The highest BCUT2D eigenvalue weighted by molar-refractivity contribution is 6.30. The van der Waals surface area contributed by atoms with Crippen molar-refractivity contribution < 1.29 is 9.53 Å². The van der Waals surface area contributed by atoms with Crippen LogP contribution < -0.4 is 0 Å². The van der Waals surface area contributed by atoms with E-state index in [2.05, 4.69) is 30.3 Å². The van der Waals surface area contributed by atoms with Gasteiger partial charge in [0.15, 0.2) is 0 Å². The van der Waals surface area contributed by atoms with E-state index in [1.165, 1.54) is 6.92 Å². The number of halogens is 1. The minimum absolute atomic E-state index is 0.196. The Labute approximate surface area is 170 Å². The van der Waals surface area contributed by atoms with E-state index in [4.69, 9.17) is 16.3 Å². The highest BCUT2D eigenvalue weighted by Crippen LogP contribution is 2.26. The summed E-state index contributed by atoms with van der Waals surface area (Å²) in [6.07, 6.45) is 4.08. The van der Waals surface area contributed by atoms with Gasteiger partial charge in [0.25, 0.3) is 0 Å².